The lowest BCUT2D eigenvalue weighted by Gasteiger charge is -2.15. The molecule has 0 aliphatic carbocycles. The van der Waals surface area contributed by atoms with E-state index in [1.807, 2.05) is 48.5 Å². The highest BCUT2D eigenvalue weighted by Gasteiger charge is 2.15. The third kappa shape index (κ3) is 10.6. The van der Waals surface area contributed by atoms with Crippen LogP contribution < -0.4 is 23.7 Å². The third-order valence-corrected chi connectivity index (χ3v) is 7.53. The van der Waals surface area contributed by atoms with Crippen molar-refractivity contribution < 1.29 is 28.8 Å². The molecule has 0 unspecified atom stereocenters. The molecule has 0 heterocycles. The van der Waals surface area contributed by atoms with Crippen LogP contribution in [0.5, 0.6) is 28.7 Å². The quantitative estimate of drug-likeness (QED) is 0.0804. The molecule has 0 aliphatic heterocycles. The Morgan fingerprint density at radius 3 is 1.46 bits per heavy atom. The SMILES string of the molecule is COc1cc(/C=C(\C#N)c2ccc(/C(C#N)=C\c3cc(OC)c(OCCCCCCCCCCO)c(OC)c3)cc2)cc(OC)c1. The summed E-state index contributed by atoms with van der Waals surface area (Å²) in [5.41, 5.74) is 3.83. The van der Waals surface area contributed by atoms with Crippen LogP contribution in [0, 0.1) is 22.7 Å². The van der Waals surface area contributed by atoms with E-state index in [9.17, 15) is 10.5 Å². The maximum Gasteiger partial charge on any atom is 0.203 e. The molecule has 0 aliphatic rings. The average molecular weight is 625 g/mol. The van der Waals surface area contributed by atoms with Crippen LogP contribution in [0.2, 0.25) is 0 Å². The van der Waals surface area contributed by atoms with E-state index in [0.29, 0.717) is 57.6 Å². The molecule has 0 atom stereocenters. The first-order valence-corrected chi connectivity index (χ1v) is 15.6. The van der Waals surface area contributed by atoms with Crippen LogP contribution in [0.25, 0.3) is 23.3 Å². The Morgan fingerprint density at radius 1 is 0.609 bits per heavy atom. The van der Waals surface area contributed by atoms with Gasteiger partial charge in [-0.2, -0.15) is 10.5 Å². The molecule has 0 fully saturated rings. The molecule has 0 saturated heterocycles. The van der Waals surface area contributed by atoms with Gasteiger partial charge in [-0.15, -0.1) is 0 Å². The summed E-state index contributed by atoms with van der Waals surface area (Å²) in [6, 6.07) is 20.9. The van der Waals surface area contributed by atoms with E-state index >= 15 is 0 Å². The van der Waals surface area contributed by atoms with Crippen LogP contribution in [-0.4, -0.2) is 46.8 Å². The fourth-order valence-electron chi connectivity index (χ4n) is 5.01. The van der Waals surface area contributed by atoms with Crippen LogP contribution >= 0.6 is 0 Å². The van der Waals surface area contributed by atoms with Gasteiger partial charge in [0.1, 0.15) is 11.5 Å². The average Bonchev–Trinajstić information content (AvgIpc) is 3.10. The van der Waals surface area contributed by atoms with Crippen molar-refractivity contribution in [3.05, 3.63) is 76.9 Å². The standard InChI is InChI=1S/C38H44N2O6/c1-42-34-21-28(22-35(25-34)43-2)19-32(26-39)30-13-15-31(16-14-30)33(27-40)20-29-23-36(44-3)38(37(24-29)45-4)46-18-12-10-8-6-5-7-9-11-17-41/h13-16,19-25,41H,5-12,17-18H2,1-4H3/b32-19+,33-20-. The number of allylic oxidation sites excluding steroid dienone is 2. The van der Waals surface area contributed by atoms with E-state index in [-0.39, 0.29) is 6.61 Å². The number of hydrogen-bond donors (Lipinski definition) is 1. The van der Waals surface area contributed by atoms with Gasteiger partial charge in [-0.3, -0.25) is 0 Å². The fourth-order valence-corrected chi connectivity index (χ4v) is 5.01. The second-order valence-corrected chi connectivity index (χ2v) is 10.7. The van der Waals surface area contributed by atoms with Crippen LogP contribution in [0.3, 0.4) is 0 Å². The Hall–Kier alpha value is -4.92. The van der Waals surface area contributed by atoms with Crippen LogP contribution in [0.1, 0.15) is 73.6 Å². The van der Waals surface area contributed by atoms with Gasteiger partial charge < -0.3 is 28.8 Å². The lowest BCUT2D eigenvalue weighted by Crippen LogP contribution is -2.02. The number of benzene rings is 3. The van der Waals surface area contributed by atoms with Gasteiger partial charge in [0, 0.05) is 12.7 Å². The van der Waals surface area contributed by atoms with Gasteiger partial charge >= 0.3 is 0 Å². The summed E-state index contributed by atoms with van der Waals surface area (Å²) in [5.74, 6) is 2.85. The summed E-state index contributed by atoms with van der Waals surface area (Å²) in [7, 11) is 6.32. The minimum absolute atomic E-state index is 0.280. The number of ether oxygens (including phenoxy) is 5. The molecule has 0 saturated carbocycles. The molecule has 0 radical (unpaired) electrons. The number of hydrogen-bond acceptors (Lipinski definition) is 8. The minimum atomic E-state index is 0.280. The number of aliphatic hydroxyl groups is 1. The highest BCUT2D eigenvalue weighted by Crippen LogP contribution is 2.40. The zero-order valence-corrected chi connectivity index (χ0v) is 27.3. The van der Waals surface area contributed by atoms with Crippen LogP contribution in [-0.2, 0) is 0 Å². The molecule has 1 N–H and O–H groups in total. The molecule has 3 rings (SSSR count). The smallest absolute Gasteiger partial charge is 0.203 e. The van der Waals surface area contributed by atoms with Crippen molar-refractivity contribution in [2.24, 2.45) is 0 Å². The normalized spacial score (nSPS) is 11.4. The second-order valence-electron chi connectivity index (χ2n) is 10.7. The van der Waals surface area contributed by atoms with Crippen LogP contribution in [0.15, 0.2) is 54.6 Å². The first-order chi connectivity index (χ1) is 22.5. The van der Waals surface area contributed by atoms with Crippen molar-refractivity contribution in [1.82, 2.24) is 0 Å². The maximum absolute atomic E-state index is 10.0. The van der Waals surface area contributed by atoms with Crippen molar-refractivity contribution in [1.29, 1.82) is 10.5 Å². The van der Waals surface area contributed by atoms with E-state index < -0.39 is 0 Å². The molecule has 0 bridgehead atoms. The minimum Gasteiger partial charge on any atom is -0.497 e. The van der Waals surface area contributed by atoms with Gasteiger partial charge in [0.15, 0.2) is 11.5 Å². The maximum atomic E-state index is 10.0. The van der Waals surface area contributed by atoms with E-state index in [1.54, 1.807) is 46.7 Å². The van der Waals surface area contributed by atoms with Crippen molar-refractivity contribution >= 4 is 23.3 Å². The summed E-state index contributed by atoms with van der Waals surface area (Å²) in [6.07, 6.45) is 12.3. The van der Waals surface area contributed by atoms with E-state index in [0.717, 1.165) is 43.2 Å². The summed E-state index contributed by atoms with van der Waals surface area (Å²) in [4.78, 5) is 0. The Kier molecular flexibility index (Phi) is 15.0. The van der Waals surface area contributed by atoms with Gasteiger partial charge in [-0.25, -0.2) is 0 Å². The van der Waals surface area contributed by atoms with Crippen molar-refractivity contribution in [2.75, 3.05) is 41.7 Å². The molecular weight excluding hydrogens is 580 g/mol. The van der Waals surface area contributed by atoms with E-state index in [1.165, 1.54) is 19.3 Å². The highest BCUT2D eigenvalue weighted by atomic mass is 16.5. The summed E-state index contributed by atoms with van der Waals surface area (Å²) >= 11 is 0. The van der Waals surface area contributed by atoms with Gasteiger partial charge in [0.05, 0.1) is 58.3 Å². The number of methoxy groups -OCH3 is 4. The molecule has 0 spiro atoms. The lowest BCUT2D eigenvalue weighted by atomic mass is 9.98. The Bertz CT molecular complexity index is 1500. The fraction of sp³-hybridized carbons (Fsp3) is 0.368. The van der Waals surface area contributed by atoms with Crippen molar-refractivity contribution in [3.8, 4) is 40.9 Å². The Labute approximate surface area is 273 Å². The zero-order chi connectivity index (χ0) is 33.1. The molecule has 0 amide bonds. The first-order valence-electron chi connectivity index (χ1n) is 15.6. The summed E-state index contributed by atoms with van der Waals surface area (Å²) in [6.45, 7) is 0.828. The second kappa shape index (κ2) is 19.5. The number of nitriles is 2. The molecule has 242 valence electrons. The monoisotopic (exact) mass is 624 g/mol. The number of rotatable bonds is 19. The Balaban J connectivity index is 1.72. The Morgan fingerprint density at radius 2 is 1.04 bits per heavy atom. The largest absolute Gasteiger partial charge is 0.497 e. The topological polar surface area (TPSA) is 114 Å². The van der Waals surface area contributed by atoms with Gasteiger partial charge in [-0.05, 0) is 71.5 Å². The lowest BCUT2D eigenvalue weighted by molar-refractivity contribution is 0.267. The molecule has 0 aromatic heterocycles. The van der Waals surface area contributed by atoms with E-state index in [2.05, 4.69) is 12.1 Å². The third-order valence-electron chi connectivity index (χ3n) is 7.53. The van der Waals surface area contributed by atoms with Crippen LogP contribution in [0.4, 0.5) is 0 Å². The summed E-state index contributed by atoms with van der Waals surface area (Å²) < 4.78 is 28.1. The molecule has 46 heavy (non-hydrogen) atoms. The molecule has 8 nitrogen and oxygen atoms in total. The number of unbranched alkanes of at least 4 members (excludes halogenated alkanes) is 7. The predicted octanol–water partition coefficient (Wildman–Crippen LogP) is 8.34. The molecule has 8 heteroatoms. The molecule has 3 aromatic rings. The van der Waals surface area contributed by atoms with Crippen molar-refractivity contribution in [2.45, 2.75) is 51.4 Å². The number of nitrogens with zero attached hydrogens (tertiary/aromatic N) is 2. The first kappa shape index (κ1) is 35.6. The predicted molar refractivity (Wildman–Crippen MR) is 182 cm³/mol. The summed E-state index contributed by atoms with van der Waals surface area (Å²) in [5, 5.41) is 28.8. The van der Waals surface area contributed by atoms with Gasteiger partial charge in [0.25, 0.3) is 0 Å². The number of aliphatic hydroxyl groups excluding tert-OH is 1. The molecule has 3 aromatic carbocycles. The highest BCUT2D eigenvalue weighted by molar-refractivity contribution is 5.93. The van der Waals surface area contributed by atoms with Crippen molar-refractivity contribution in [3.63, 3.8) is 0 Å². The zero-order valence-electron chi connectivity index (χ0n) is 27.3. The van der Waals surface area contributed by atoms with E-state index in [4.69, 9.17) is 28.8 Å². The molecular formula is C38H44N2O6. The van der Waals surface area contributed by atoms with Gasteiger partial charge in [0.2, 0.25) is 5.75 Å². The van der Waals surface area contributed by atoms with Gasteiger partial charge in [-0.1, -0.05) is 62.8 Å².